The minimum atomic E-state index is -0.881. The average Bonchev–Trinajstić information content (AvgIpc) is 2.16. The van der Waals surface area contributed by atoms with Crippen LogP contribution >= 0.6 is 0 Å². The fraction of sp³-hybridized carbons (Fsp3) is 1.00. The van der Waals surface area contributed by atoms with Crippen LogP contribution in [-0.4, -0.2) is 55.6 Å². The monoisotopic (exact) mass is 192 g/mol. The molecule has 1 aliphatic rings. The summed E-state index contributed by atoms with van der Waals surface area (Å²) >= 11 is 0. The fourth-order valence-corrected chi connectivity index (χ4v) is 1.59. The maximum atomic E-state index is 9.26. The topological polar surface area (TPSA) is 68.2 Å². The van der Waals surface area contributed by atoms with Crippen LogP contribution in [0.3, 0.4) is 0 Å². The molecular formula is C8H16O5. The molecule has 1 heterocycles. The number of aliphatic hydroxyl groups excluding tert-OH is 2. The van der Waals surface area contributed by atoms with Crippen molar-refractivity contribution in [1.29, 1.82) is 0 Å². The lowest BCUT2D eigenvalue weighted by molar-refractivity contribution is -0.249. The van der Waals surface area contributed by atoms with Gasteiger partial charge in [-0.15, -0.1) is 0 Å². The molecule has 5 nitrogen and oxygen atoms in total. The van der Waals surface area contributed by atoms with Crippen molar-refractivity contribution in [3.05, 3.63) is 0 Å². The molecule has 0 aromatic heterocycles. The molecule has 0 bridgehead atoms. The van der Waals surface area contributed by atoms with E-state index in [-0.39, 0.29) is 18.8 Å². The highest BCUT2D eigenvalue weighted by molar-refractivity contribution is 4.84. The molecule has 4 atom stereocenters. The summed E-state index contributed by atoms with van der Waals surface area (Å²) in [6.45, 7) is -0.185. The third-order valence-electron chi connectivity index (χ3n) is 2.25. The molecule has 0 spiro atoms. The second kappa shape index (κ2) is 4.88. The first-order chi connectivity index (χ1) is 6.22. The van der Waals surface area contributed by atoms with Gasteiger partial charge in [0.25, 0.3) is 0 Å². The first-order valence-electron chi connectivity index (χ1n) is 4.23. The molecule has 0 aromatic carbocycles. The lowest BCUT2D eigenvalue weighted by Crippen LogP contribution is -2.51. The van der Waals surface area contributed by atoms with Gasteiger partial charge in [-0.25, -0.2) is 0 Å². The summed E-state index contributed by atoms with van der Waals surface area (Å²) in [6, 6.07) is 0. The number of aliphatic hydroxyl groups is 2. The molecular weight excluding hydrogens is 176 g/mol. The molecule has 0 radical (unpaired) electrons. The lowest BCUT2D eigenvalue weighted by Gasteiger charge is -2.37. The molecule has 1 rings (SSSR count). The average molecular weight is 192 g/mol. The van der Waals surface area contributed by atoms with E-state index >= 15 is 0 Å². The van der Waals surface area contributed by atoms with E-state index in [9.17, 15) is 5.11 Å². The minimum absolute atomic E-state index is 0.185. The van der Waals surface area contributed by atoms with E-state index in [1.54, 1.807) is 7.11 Å². The zero-order valence-electron chi connectivity index (χ0n) is 7.84. The smallest absolute Gasteiger partial charge is 0.157 e. The summed E-state index contributed by atoms with van der Waals surface area (Å²) in [6.07, 6.45) is -1.58. The van der Waals surface area contributed by atoms with Gasteiger partial charge in [0.15, 0.2) is 6.29 Å². The van der Waals surface area contributed by atoms with E-state index in [0.717, 1.165) is 0 Å². The van der Waals surface area contributed by atoms with Crippen molar-refractivity contribution in [2.45, 2.75) is 31.0 Å². The molecule has 1 aliphatic heterocycles. The van der Waals surface area contributed by atoms with E-state index in [0.29, 0.717) is 6.42 Å². The molecule has 78 valence electrons. The molecule has 1 saturated heterocycles. The fourth-order valence-electron chi connectivity index (χ4n) is 1.59. The highest BCUT2D eigenvalue weighted by atomic mass is 16.6. The molecule has 5 heteroatoms. The second-order valence-electron chi connectivity index (χ2n) is 3.02. The normalized spacial score (nSPS) is 40.6. The van der Waals surface area contributed by atoms with Gasteiger partial charge >= 0.3 is 0 Å². The highest BCUT2D eigenvalue weighted by Gasteiger charge is 2.38. The summed E-state index contributed by atoms with van der Waals surface area (Å²) < 4.78 is 15.3. The van der Waals surface area contributed by atoms with Crippen LogP contribution < -0.4 is 0 Å². The quantitative estimate of drug-likeness (QED) is 0.607. The van der Waals surface area contributed by atoms with E-state index in [4.69, 9.17) is 19.3 Å². The number of rotatable bonds is 3. The van der Waals surface area contributed by atoms with E-state index in [2.05, 4.69) is 0 Å². The number of methoxy groups -OCH3 is 2. The summed E-state index contributed by atoms with van der Waals surface area (Å²) in [5, 5.41) is 18.2. The van der Waals surface area contributed by atoms with Crippen molar-refractivity contribution in [3.8, 4) is 0 Å². The first kappa shape index (κ1) is 10.9. The van der Waals surface area contributed by atoms with Crippen molar-refractivity contribution in [2.75, 3.05) is 20.8 Å². The van der Waals surface area contributed by atoms with Crippen LogP contribution in [0, 0.1) is 0 Å². The molecule has 1 fully saturated rings. The Hall–Kier alpha value is -0.200. The van der Waals surface area contributed by atoms with Crippen LogP contribution in [0.15, 0.2) is 0 Å². The van der Waals surface area contributed by atoms with E-state index < -0.39 is 12.4 Å². The largest absolute Gasteiger partial charge is 0.394 e. The Morgan fingerprint density at radius 1 is 1.38 bits per heavy atom. The van der Waals surface area contributed by atoms with Crippen LogP contribution in [0.25, 0.3) is 0 Å². The zero-order valence-corrected chi connectivity index (χ0v) is 7.84. The molecule has 0 amide bonds. The number of hydrogen-bond acceptors (Lipinski definition) is 5. The SMILES string of the molecule is CO[C@@H]1[C@H](OC)C[C@H](O)O[C@@H]1CO. The van der Waals surface area contributed by atoms with Crippen molar-refractivity contribution >= 4 is 0 Å². The van der Waals surface area contributed by atoms with Gasteiger partial charge in [0.1, 0.15) is 12.2 Å². The molecule has 0 saturated carbocycles. The Balaban J connectivity index is 2.61. The summed E-state index contributed by atoms with van der Waals surface area (Å²) in [7, 11) is 3.07. The van der Waals surface area contributed by atoms with Gasteiger partial charge in [-0.05, 0) is 0 Å². The second-order valence-corrected chi connectivity index (χ2v) is 3.02. The van der Waals surface area contributed by atoms with E-state index in [1.165, 1.54) is 7.11 Å². The highest BCUT2D eigenvalue weighted by Crippen LogP contribution is 2.22. The third-order valence-corrected chi connectivity index (χ3v) is 2.25. The van der Waals surface area contributed by atoms with Crippen LogP contribution in [0.1, 0.15) is 6.42 Å². The van der Waals surface area contributed by atoms with Gasteiger partial charge < -0.3 is 24.4 Å². The molecule has 0 aliphatic carbocycles. The van der Waals surface area contributed by atoms with Gasteiger partial charge in [-0.1, -0.05) is 0 Å². The van der Waals surface area contributed by atoms with Crippen LogP contribution in [0.4, 0.5) is 0 Å². The predicted octanol–water partition coefficient (Wildman–Crippen LogP) is -0.884. The van der Waals surface area contributed by atoms with Crippen LogP contribution in [-0.2, 0) is 14.2 Å². The van der Waals surface area contributed by atoms with E-state index in [1.807, 2.05) is 0 Å². The summed E-state index contributed by atoms with van der Waals surface area (Å²) in [4.78, 5) is 0. The van der Waals surface area contributed by atoms with Crippen molar-refractivity contribution in [2.24, 2.45) is 0 Å². The Bertz CT molecular complexity index is 137. The Morgan fingerprint density at radius 2 is 2.08 bits per heavy atom. The Morgan fingerprint density at radius 3 is 2.54 bits per heavy atom. The Kier molecular flexibility index (Phi) is 4.08. The van der Waals surface area contributed by atoms with Gasteiger partial charge in [-0.2, -0.15) is 0 Å². The molecule has 0 unspecified atom stereocenters. The van der Waals surface area contributed by atoms with Crippen LogP contribution in [0.5, 0.6) is 0 Å². The standard InChI is InChI=1S/C8H16O5/c1-11-5-3-7(10)13-6(4-9)8(5)12-2/h5-10H,3-4H2,1-2H3/t5-,6-,7-,8-/m1/s1. The summed E-state index contributed by atoms with van der Waals surface area (Å²) in [5.41, 5.74) is 0. The lowest BCUT2D eigenvalue weighted by atomic mass is 10.0. The van der Waals surface area contributed by atoms with Gasteiger partial charge in [0.2, 0.25) is 0 Å². The first-order valence-corrected chi connectivity index (χ1v) is 4.23. The molecule has 13 heavy (non-hydrogen) atoms. The maximum Gasteiger partial charge on any atom is 0.157 e. The van der Waals surface area contributed by atoms with Crippen LogP contribution in [0.2, 0.25) is 0 Å². The minimum Gasteiger partial charge on any atom is -0.394 e. The van der Waals surface area contributed by atoms with Crippen molar-refractivity contribution in [3.63, 3.8) is 0 Å². The maximum absolute atomic E-state index is 9.26. The summed E-state index contributed by atoms with van der Waals surface area (Å²) in [5.74, 6) is 0. The molecule has 0 aromatic rings. The number of ether oxygens (including phenoxy) is 3. The zero-order chi connectivity index (χ0) is 9.84. The predicted molar refractivity (Wildman–Crippen MR) is 44.2 cm³/mol. The molecule has 2 N–H and O–H groups in total. The van der Waals surface area contributed by atoms with Gasteiger partial charge in [0.05, 0.1) is 12.7 Å². The third kappa shape index (κ3) is 2.38. The number of hydrogen-bond donors (Lipinski definition) is 2. The van der Waals surface area contributed by atoms with Crippen molar-refractivity contribution < 1.29 is 24.4 Å². The van der Waals surface area contributed by atoms with Gasteiger partial charge in [0, 0.05) is 20.6 Å². The van der Waals surface area contributed by atoms with Gasteiger partial charge in [-0.3, -0.25) is 0 Å². The van der Waals surface area contributed by atoms with Crippen molar-refractivity contribution in [1.82, 2.24) is 0 Å². The Labute approximate surface area is 77.2 Å².